The maximum absolute atomic E-state index is 11.8. The van der Waals surface area contributed by atoms with Crippen molar-refractivity contribution in [1.82, 2.24) is 4.90 Å². The van der Waals surface area contributed by atoms with Gasteiger partial charge < -0.3 is 15.4 Å². The summed E-state index contributed by atoms with van der Waals surface area (Å²) in [4.78, 5) is 13.5. The first kappa shape index (κ1) is 13.3. The molecular weight excluding hydrogens is 204 g/mol. The van der Waals surface area contributed by atoms with Gasteiger partial charge in [0.15, 0.2) is 0 Å². The van der Waals surface area contributed by atoms with E-state index in [0.717, 1.165) is 19.3 Å². The maximum Gasteiger partial charge on any atom is 0.410 e. The van der Waals surface area contributed by atoms with Gasteiger partial charge in [-0.3, -0.25) is 0 Å². The van der Waals surface area contributed by atoms with Gasteiger partial charge in [-0.1, -0.05) is 13.3 Å². The molecule has 0 aromatic heterocycles. The number of likely N-dealkylation sites (tertiary alicyclic amines) is 1. The van der Waals surface area contributed by atoms with Crippen LogP contribution in [0.25, 0.3) is 0 Å². The number of hydrogen-bond donors (Lipinski definition) is 1. The number of nitrogens with zero attached hydrogens (tertiary/aromatic N) is 1. The number of carbonyl (C=O) groups excluding carboxylic acids is 1. The molecule has 0 unspecified atom stereocenters. The highest BCUT2D eigenvalue weighted by molar-refractivity contribution is 5.68. The van der Waals surface area contributed by atoms with Crippen LogP contribution >= 0.6 is 0 Å². The number of rotatable bonds is 2. The molecule has 94 valence electrons. The van der Waals surface area contributed by atoms with E-state index in [2.05, 4.69) is 6.92 Å². The highest BCUT2D eigenvalue weighted by atomic mass is 16.6. The topological polar surface area (TPSA) is 55.6 Å². The summed E-state index contributed by atoms with van der Waals surface area (Å²) >= 11 is 0. The van der Waals surface area contributed by atoms with E-state index in [9.17, 15) is 4.79 Å². The van der Waals surface area contributed by atoms with Crippen molar-refractivity contribution in [2.45, 2.75) is 58.1 Å². The van der Waals surface area contributed by atoms with Crippen LogP contribution in [-0.2, 0) is 4.74 Å². The van der Waals surface area contributed by atoms with Crippen LogP contribution in [0, 0.1) is 0 Å². The molecule has 0 spiro atoms. The molecule has 0 saturated carbocycles. The summed E-state index contributed by atoms with van der Waals surface area (Å²) < 4.78 is 5.32. The lowest BCUT2D eigenvalue weighted by Gasteiger charge is -2.26. The zero-order valence-electron chi connectivity index (χ0n) is 10.9. The Morgan fingerprint density at radius 2 is 2.12 bits per heavy atom. The van der Waals surface area contributed by atoms with Crippen LogP contribution in [0.15, 0.2) is 0 Å². The van der Waals surface area contributed by atoms with E-state index in [1.165, 1.54) is 0 Å². The molecule has 0 aliphatic carbocycles. The van der Waals surface area contributed by atoms with Crippen LogP contribution in [-0.4, -0.2) is 35.2 Å². The number of nitrogens with two attached hydrogens (primary N) is 1. The van der Waals surface area contributed by atoms with Crippen LogP contribution in [0.3, 0.4) is 0 Å². The first-order chi connectivity index (χ1) is 7.26. The van der Waals surface area contributed by atoms with E-state index >= 15 is 0 Å². The van der Waals surface area contributed by atoms with Gasteiger partial charge in [-0.25, -0.2) is 4.79 Å². The third kappa shape index (κ3) is 3.67. The Kier molecular flexibility index (Phi) is 3.84. The summed E-state index contributed by atoms with van der Waals surface area (Å²) in [6, 6.07) is 0. The molecule has 0 radical (unpaired) electrons. The van der Waals surface area contributed by atoms with Crippen molar-refractivity contribution in [2.75, 3.05) is 13.1 Å². The molecule has 1 aliphatic heterocycles. The van der Waals surface area contributed by atoms with Crippen molar-refractivity contribution in [3.63, 3.8) is 0 Å². The fourth-order valence-electron chi connectivity index (χ4n) is 2.08. The smallest absolute Gasteiger partial charge is 0.410 e. The normalized spacial score (nSPS) is 25.9. The quantitative estimate of drug-likeness (QED) is 0.787. The van der Waals surface area contributed by atoms with Gasteiger partial charge in [-0.05, 0) is 33.6 Å². The molecule has 1 atom stereocenters. The van der Waals surface area contributed by atoms with Gasteiger partial charge >= 0.3 is 6.09 Å². The van der Waals surface area contributed by atoms with Crippen LogP contribution in [0.5, 0.6) is 0 Å². The molecule has 0 bridgehead atoms. The third-order valence-electron chi connectivity index (χ3n) is 2.78. The Bertz CT molecular complexity index is 260. The van der Waals surface area contributed by atoms with E-state index in [-0.39, 0.29) is 11.6 Å². The van der Waals surface area contributed by atoms with Crippen LogP contribution < -0.4 is 5.73 Å². The second kappa shape index (κ2) is 4.62. The average Bonchev–Trinajstić information content (AvgIpc) is 2.45. The minimum Gasteiger partial charge on any atom is -0.444 e. The van der Waals surface area contributed by atoms with Crippen LogP contribution in [0.2, 0.25) is 0 Å². The molecule has 0 aromatic carbocycles. The van der Waals surface area contributed by atoms with Crippen molar-refractivity contribution in [3.8, 4) is 0 Å². The van der Waals surface area contributed by atoms with E-state index in [4.69, 9.17) is 10.5 Å². The molecule has 1 heterocycles. The molecule has 1 saturated heterocycles. The summed E-state index contributed by atoms with van der Waals surface area (Å²) in [6.07, 6.45) is 2.65. The fraction of sp³-hybridized carbons (Fsp3) is 0.917. The van der Waals surface area contributed by atoms with Gasteiger partial charge in [-0.2, -0.15) is 0 Å². The number of amides is 1. The summed E-state index contributed by atoms with van der Waals surface area (Å²) in [7, 11) is 0. The molecule has 4 nitrogen and oxygen atoms in total. The summed E-state index contributed by atoms with van der Waals surface area (Å²) in [5.41, 5.74) is 5.58. The van der Waals surface area contributed by atoms with Crippen molar-refractivity contribution >= 4 is 6.09 Å². The Hall–Kier alpha value is -0.770. The predicted octanol–water partition coefficient (Wildman–Crippen LogP) is 2.12. The van der Waals surface area contributed by atoms with Gasteiger partial charge in [0.25, 0.3) is 0 Å². The Balaban J connectivity index is 2.50. The molecule has 2 N–H and O–H groups in total. The second-order valence-corrected chi connectivity index (χ2v) is 5.76. The minimum atomic E-state index is -0.429. The summed E-state index contributed by atoms with van der Waals surface area (Å²) in [5, 5.41) is 0. The van der Waals surface area contributed by atoms with Crippen molar-refractivity contribution < 1.29 is 9.53 Å². The SMILES string of the molecule is CCC[C@@]1(N)CCN(C(=O)OC(C)(C)C)C1. The Labute approximate surface area is 98.1 Å². The molecule has 0 aromatic rings. The molecule has 1 fully saturated rings. The largest absolute Gasteiger partial charge is 0.444 e. The molecule has 1 aliphatic rings. The zero-order chi connectivity index (χ0) is 12.4. The highest BCUT2D eigenvalue weighted by Gasteiger charge is 2.37. The standard InChI is InChI=1S/C12H24N2O2/c1-5-6-12(13)7-8-14(9-12)10(15)16-11(2,3)4/h5-9,13H2,1-4H3/t12-/m1/s1. The number of ether oxygens (including phenoxy) is 1. The van der Waals surface area contributed by atoms with Crippen molar-refractivity contribution in [2.24, 2.45) is 5.73 Å². The average molecular weight is 228 g/mol. The summed E-state index contributed by atoms with van der Waals surface area (Å²) in [5.74, 6) is 0. The fourth-order valence-corrected chi connectivity index (χ4v) is 2.08. The Morgan fingerprint density at radius 1 is 1.50 bits per heavy atom. The van der Waals surface area contributed by atoms with Gasteiger partial charge in [0.2, 0.25) is 0 Å². The van der Waals surface area contributed by atoms with Gasteiger partial charge in [0.05, 0.1) is 0 Å². The van der Waals surface area contributed by atoms with Crippen LogP contribution in [0.1, 0.15) is 47.0 Å². The van der Waals surface area contributed by atoms with Gasteiger partial charge in [-0.15, -0.1) is 0 Å². The van der Waals surface area contributed by atoms with E-state index in [0.29, 0.717) is 13.1 Å². The second-order valence-electron chi connectivity index (χ2n) is 5.76. The van der Waals surface area contributed by atoms with E-state index in [1.54, 1.807) is 4.90 Å². The first-order valence-corrected chi connectivity index (χ1v) is 6.02. The lowest BCUT2D eigenvalue weighted by atomic mass is 9.94. The first-order valence-electron chi connectivity index (χ1n) is 6.02. The van der Waals surface area contributed by atoms with E-state index < -0.39 is 5.60 Å². The Morgan fingerprint density at radius 3 is 2.62 bits per heavy atom. The molecule has 16 heavy (non-hydrogen) atoms. The summed E-state index contributed by atoms with van der Waals surface area (Å²) in [6.45, 7) is 9.08. The highest BCUT2D eigenvalue weighted by Crippen LogP contribution is 2.24. The zero-order valence-corrected chi connectivity index (χ0v) is 10.9. The molecular formula is C12H24N2O2. The lowest BCUT2D eigenvalue weighted by molar-refractivity contribution is 0.0283. The molecule has 4 heteroatoms. The number of carbonyl (C=O) groups is 1. The van der Waals surface area contributed by atoms with Crippen molar-refractivity contribution in [1.29, 1.82) is 0 Å². The predicted molar refractivity (Wildman–Crippen MR) is 64.3 cm³/mol. The minimum absolute atomic E-state index is 0.203. The lowest BCUT2D eigenvalue weighted by Crippen LogP contribution is -2.44. The van der Waals surface area contributed by atoms with Crippen LogP contribution in [0.4, 0.5) is 4.79 Å². The maximum atomic E-state index is 11.8. The van der Waals surface area contributed by atoms with E-state index in [1.807, 2.05) is 20.8 Å². The third-order valence-corrected chi connectivity index (χ3v) is 2.78. The number of hydrogen-bond acceptors (Lipinski definition) is 3. The van der Waals surface area contributed by atoms with Crippen molar-refractivity contribution in [3.05, 3.63) is 0 Å². The van der Waals surface area contributed by atoms with Gasteiger partial charge in [0.1, 0.15) is 5.60 Å². The van der Waals surface area contributed by atoms with Gasteiger partial charge in [0, 0.05) is 18.6 Å². The molecule has 1 amide bonds. The molecule has 1 rings (SSSR count). The monoisotopic (exact) mass is 228 g/mol.